The van der Waals surface area contributed by atoms with E-state index in [4.69, 9.17) is 34.5 Å². The second-order valence-corrected chi connectivity index (χ2v) is 7.05. The quantitative estimate of drug-likeness (QED) is 0.359. The van der Waals surface area contributed by atoms with Gasteiger partial charge in [-0.3, -0.25) is 19.2 Å². The molecule has 1 saturated heterocycles. The highest BCUT2D eigenvalue weighted by Gasteiger charge is 2.53. The molecule has 0 radical (unpaired) electrons. The van der Waals surface area contributed by atoms with Crippen molar-refractivity contribution in [3.63, 3.8) is 0 Å². The SMILES string of the molecule is [2H]C(Oc1ccccc1)C(=O)O[C@H]1[C@H](OC(C)=O)[C@@H](COC(C)=O)OC(OC(C)=O)[C@@H]1OC(C)=O. The van der Waals surface area contributed by atoms with Crippen LogP contribution in [0.25, 0.3) is 0 Å². The lowest BCUT2D eigenvalue weighted by Gasteiger charge is -2.43. The molecule has 1 aliphatic rings. The highest BCUT2D eigenvalue weighted by atomic mass is 16.7. The number of carbonyl (C=O) groups is 5. The molecule has 0 aromatic heterocycles. The van der Waals surface area contributed by atoms with Gasteiger partial charge in [-0.15, -0.1) is 0 Å². The summed E-state index contributed by atoms with van der Waals surface area (Å²) in [7, 11) is 0. The number of hydrogen-bond acceptors (Lipinski definition) is 12. The summed E-state index contributed by atoms with van der Waals surface area (Å²) in [6.45, 7) is 1.92. The van der Waals surface area contributed by atoms with Gasteiger partial charge in [-0.2, -0.15) is 0 Å². The molecule has 0 amide bonds. The predicted octanol–water partition coefficient (Wildman–Crippen LogP) is 0.692. The fourth-order valence-electron chi connectivity index (χ4n) is 3.03. The van der Waals surface area contributed by atoms with Gasteiger partial charge in [-0.25, -0.2) is 4.79 Å². The van der Waals surface area contributed by atoms with E-state index in [2.05, 4.69) is 0 Å². The highest BCUT2D eigenvalue weighted by molar-refractivity contribution is 5.72. The Kier molecular flexibility index (Phi) is 9.21. The van der Waals surface area contributed by atoms with E-state index in [1.807, 2.05) is 0 Å². The van der Waals surface area contributed by atoms with Crippen molar-refractivity contribution in [2.75, 3.05) is 13.2 Å². The lowest BCUT2D eigenvalue weighted by atomic mass is 9.98. The van der Waals surface area contributed by atoms with Gasteiger partial charge in [0.2, 0.25) is 12.4 Å². The average Bonchev–Trinajstić information content (AvgIpc) is 2.76. The summed E-state index contributed by atoms with van der Waals surface area (Å²) >= 11 is 0. The predicted molar refractivity (Wildman–Crippen MR) is 110 cm³/mol. The fraction of sp³-hybridized carbons (Fsp3) is 0.500. The molecule has 0 bridgehead atoms. The zero-order valence-electron chi connectivity index (χ0n) is 20.0. The number of carbonyl (C=O) groups excluding carboxylic acids is 5. The van der Waals surface area contributed by atoms with Crippen molar-refractivity contribution in [1.82, 2.24) is 0 Å². The molecule has 6 atom stereocenters. The number of benzene rings is 1. The first-order valence-corrected chi connectivity index (χ1v) is 10.1. The third-order valence-electron chi connectivity index (χ3n) is 4.21. The first-order chi connectivity index (χ1) is 16.5. The average molecular weight is 483 g/mol. The molecule has 12 heteroatoms. The molecule has 2 unspecified atom stereocenters. The maximum Gasteiger partial charge on any atom is 0.344 e. The summed E-state index contributed by atoms with van der Waals surface area (Å²) in [5.74, 6) is -4.25. The lowest BCUT2D eigenvalue weighted by molar-refractivity contribution is -0.300. The van der Waals surface area contributed by atoms with Crippen LogP contribution in [-0.4, -0.2) is 73.7 Å². The Bertz CT molecular complexity index is 920. The van der Waals surface area contributed by atoms with Crippen molar-refractivity contribution in [3.05, 3.63) is 30.3 Å². The van der Waals surface area contributed by atoms with E-state index in [9.17, 15) is 24.0 Å². The highest BCUT2D eigenvalue weighted by Crippen LogP contribution is 2.30. The minimum Gasteiger partial charge on any atom is -0.482 e. The molecule has 1 aromatic carbocycles. The van der Waals surface area contributed by atoms with Crippen molar-refractivity contribution in [2.24, 2.45) is 0 Å². The molecule has 1 heterocycles. The topological polar surface area (TPSA) is 150 Å². The van der Waals surface area contributed by atoms with Gasteiger partial charge >= 0.3 is 29.8 Å². The number of rotatable bonds is 9. The van der Waals surface area contributed by atoms with E-state index in [0.29, 0.717) is 0 Å². The summed E-state index contributed by atoms with van der Waals surface area (Å²) < 4.78 is 44.7. The minimum atomic E-state index is -1.88. The van der Waals surface area contributed by atoms with Crippen LogP contribution in [0.1, 0.15) is 29.1 Å². The normalized spacial score (nSPS) is 25.1. The zero-order valence-corrected chi connectivity index (χ0v) is 19.0. The van der Waals surface area contributed by atoms with Gasteiger partial charge in [0.05, 0.1) is 1.37 Å². The second-order valence-electron chi connectivity index (χ2n) is 7.05. The lowest BCUT2D eigenvalue weighted by Crippen LogP contribution is -2.63. The van der Waals surface area contributed by atoms with Gasteiger partial charge in [0.15, 0.2) is 18.8 Å². The fourth-order valence-corrected chi connectivity index (χ4v) is 3.03. The molecule has 0 saturated carbocycles. The van der Waals surface area contributed by atoms with E-state index >= 15 is 0 Å². The molecule has 0 N–H and O–H groups in total. The Morgan fingerprint density at radius 2 is 1.38 bits per heavy atom. The van der Waals surface area contributed by atoms with Crippen molar-refractivity contribution in [1.29, 1.82) is 0 Å². The van der Waals surface area contributed by atoms with Crippen LogP contribution in [0.2, 0.25) is 0 Å². The Morgan fingerprint density at radius 1 is 0.794 bits per heavy atom. The number of esters is 5. The zero-order chi connectivity index (χ0) is 26.1. The molecule has 1 fully saturated rings. The number of para-hydroxylation sites is 1. The molecule has 12 nitrogen and oxygen atoms in total. The summed E-state index contributed by atoms with van der Waals surface area (Å²) in [6.07, 6.45) is -7.61. The van der Waals surface area contributed by atoms with Crippen LogP contribution < -0.4 is 4.74 Å². The monoisotopic (exact) mass is 483 g/mol. The second kappa shape index (κ2) is 12.5. The maximum absolute atomic E-state index is 12.7. The largest absolute Gasteiger partial charge is 0.482 e. The van der Waals surface area contributed by atoms with E-state index < -0.39 is 73.7 Å². The smallest absolute Gasteiger partial charge is 0.344 e. The van der Waals surface area contributed by atoms with Crippen molar-refractivity contribution in [2.45, 2.75) is 58.4 Å². The van der Waals surface area contributed by atoms with Gasteiger partial charge in [0.1, 0.15) is 18.5 Å². The third-order valence-corrected chi connectivity index (χ3v) is 4.21. The van der Waals surface area contributed by atoms with E-state index in [-0.39, 0.29) is 5.75 Å². The Labute approximate surface area is 196 Å². The molecule has 1 aromatic rings. The minimum absolute atomic E-state index is 0.204. The van der Waals surface area contributed by atoms with Crippen LogP contribution >= 0.6 is 0 Å². The van der Waals surface area contributed by atoms with Crippen LogP contribution in [0.3, 0.4) is 0 Å². The van der Waals surface area contributed by atoms with E-state index in [1.54, 1.807) is 18.2 Å². The van der Waals surface area contributed by atoms with Gasteiger partial charge in [0, 0.05) is 27.7 Å². The van der Waals surface area contributed by atoms with Gasteiger partial charge in [-0.1, -0.05) is 18.2 Å². The van der Waals surface area contributed by atoms with E-state index in [0.717, 1.165) is 27.7 Å². The molecule has 0 spiro atoms. The molecule has 34 heavy (non-hydrogen) atoms. The Hall–Kier alpha value is -3.67. The molecule has 186 valence electrons. The summed E-state index contributed by atoms with van der Waals surface area (Å²) in [5, 5.41) is 0. The molecular formula is C22H26O12. The van der Waals surface area contributed by atoms with Crippen molar-refractivity contribution < 1.29 is 58.5 Å². The third kappa shape index (κ3) is 8.35. The maximum atomic E-state index is 12.7. The van der Waals surface area contributed by atoms with Crippen LogP contribution in [0.4, 0.5) is 0 Å². The summed E-state index contributed by atoms with van der Waals surface area (Å²) in [6, 6.07) is 7.99. The standard InChI is InChI=1S/C22H26O12/c1-12(23)28-10-17-19(30-13(2)24)20(21(31-14(3)25)22(33-17)32-15(4)26)34-18(27)11-29-16-8-6-5-7-9-16/h5-9,17,19-22H,10-11H2,1-4H3/t17-,19-,20+,21-,22?/m1/s1/i11D/t11?,17-,19-,20+,21-,22?. The van der Waals surface area contributed by atoms with Gasteiger partial charge in [-0.05, 0) is 12.1 Å². The van der Waals surface area contributed by atoms with Crippen LogP contribution in [0, 0.1) is 0 Å². The first kappa shape index (κ1) is 25.0. The molecule has 0 aliphatic carbocycles. The van der Waals surface area contributed by atoms with Crippen molar-refractivity contribution >= 4 is 29.8 Å². The summed E-state index contributed by atoms with van der Waals surface area (Å²) in [4.78, 5) is 59.3. The Balaban J connectivity index is 2.39. The van der Waals surface area contributed by atoms with Crippen LogP contribution in [0.15, 0.2) is 30.3 Å². The molecule has 2 rings (SSSR count). The van der Waals surface area contributed by atoms with Crippen LogP contribution in [-0.2, 0) is 52.4 Å². The Morgan fingerprint density at radius 3 is 1.94 bits per heavy atom. The van der Waals surface area contributed by atoms with Crippen LogP contribution in [0.5, 0.6) is 5.75 Å². The number of hydrogen-bond donors (Lipinski definition) is 0. The first-order valence-electron chi connectivity index (χ1n) is 10.7. The van der Waals surface area contributed by atoms with E-state index in [1.165, 1.54) is 12.1 Å². The van der Waals surface area contributed by atoms with Crippen molar-refractivity contribution in [3.8, 4) is 5.75 Å². The molecular weight excluding hydrogens is 456 g/mol. The summed E-state index contributed by atoms with van der Waals surface area (Å²) in [5.41, 5.74) is 0. The molecule has 1 aliphatic heterocycles. The van der Waals surface area contributed by atoms with Gasteiger partial charge < -0.3 is 33.2 Å². The number of ether oxygens (including phenoxy) is 7. The van der Waals surface area contributed by atoms with Gasteiger partial charge in [0.25, 0.3) is 0 Å².